The van der Waals surface area contributed by atoms with Crippen molar-refractivity contribution in [2.24, 2.45) is 5.16 Å². The summed E-state index contributed by atoms with van der Waals surface area (Å²) < 4.78 is 43.8. The van der Waals surface area contributed by atoms with E-state index < -0.39 is 18.4 Å². The highest BCUT2D eigenvalue weighted by Crippen LogP contribution is 2.39. The van der Waals surface area contributed by atoms with E-state index >= 15 is 0 Å². The van der Waals surface area contributed by atoms with Crippen LogP contribution in [-0.2, 0) is 11.3 Å². The van der Waals surface area contributed by atoms with Gasteiger partial charge in [0.25, 0.3) is 0 Å². The molecule has 4 nitrogen and oxygen atoms in total. The van der Waals surface area contributed by atoms with Crippen LogP contribution in [0.25, 0.3) is 11.1 Å². The monoisotopic (exact) mass is 349 g/mol. The molecule has 1 unspecified atom stereocenters. The van der Waals surface area contributed by atoms with E-state index in [4.69, 9.17) is 4.74 Å². The highest BCUT2D eigenvalue weighted by molar-refractivity contribution is 6.01. The first kappa shape index (κ1) is 16.0. The van der Waals surface area contributed by atoms with Crippen molar-refractivity contribution in [3.63, 3.8) is 0 Å². The number of oxime groups is 1. The fraction of sp³-hybridized carbons (Fsp3) is 0.278. The third kappa shape index (κ3) is 2.74. The van der Waals surface area contributed by atoms with Crippen molar-refractivity contribution >= 4 is 5.71 Å². The van der Waals surface area contributed by atoms with Crippen molar-refractivity contribution in [2.75, 3.05) is 6.61 Å². The van der Waals surface area contributed by atoms with Crippen molar-refractivity contribution in [2.45, 2.75) is 24.8 Å². The van der Waals surface area contributed by atoms with Crippen molar-refractivity contribution < 1.29 is 27.9 Å². The average molecular weight is 349 g/mol. The van der Waals surface area contributed by atoms with Gasteiger partial charge in [0.1, 0.15) is 5.75 Å². The van der Waals surface area contributed by atoms with E-state index in [-0.39, 0.29) is 5.71 Å². The fourth-order valence-corrected chi connectivity index (χ4v) is 2.95. The van der Waals surface area contributed by atoms with Crippen LogP contribution in [0.1, 0.15) is 17.5 Å². The molecule has 0 aromatic heterocycles. The molecule has 2 aliphatic heterocycles. The molecule has 130 valence electrons. The van der Waals surface area contributed by atoms with Gasteiger partial charge in [-0.3, -0.25) is 0 Å². The average Bonchev–Trinajstić information content (AvgIpc) is 3.21. The normalized spacial score (nSPS) is 22.2. The Bertz CT molecular complexity index is 846. The van der Waals surface area contributed by atoms with Gasteiger partial charge in [-0.2, -0.15) is 13.2 Å². The van der Waals surface area contributed by atoms with E-state index in [1.165, 1.54) is 0 Å². The predicted octanol–water partition coefficient (Wildman–Crippen LogP) is 3.66. The van der Waals surface area contributed by atoms with Gasteiger partial charge < -0.3 is 14.7 Å². The van der Waals surface area contributed by atoms with Gasteiger partial charge in [0.05, 0.1) is 18.7 Å². The molecule has 0 saturated heterocycles. The maximum Gasteiger partial charge on any atom is 0.458 e. The molecule has 2 aliphatic rings. The zero-order chi connectivity index (χ0) is 17.7. The summed E-state index contributed by atoms with van der Waals surface area (Å²) in [5.41, 5.74) is 3.63. The summed E-state index contributed by atoms with van der Waals surface area (Å²) in [6.07, 6.45) is -4.76. The van der Waals surface area contributed by atoms with E-state index in [0.29, 0.717) is 12.2 Å². The number of hydrogen-bond acceptors (Lipinski definition) is 4. The summed E-state index contributed by atoms with van der Waals surface area (Å²) in [5, 5.41) is 12.9. The molecule has 2 aromatic rings. The van der Waals surface area contributed by atoms with Crippen molar-refractivity contribution in [1.82, 2.24) is 0 Å². The van der Waals surface area contributed by atoms with Crippen molar-refractivity contribution in [3.8, 4) is 16.9 Å². The number of benzene rings is 2. The largest absolute Gasteiger partial charge is 0.493 e. The second kappa shape index (κ2) is 5.49. The van der Waals surface area contributed by atoms with E-state index in [1.807, 2.05) is 12.1 Å². The lowest BCUT2D eigenvalue weighted by atomic mass is 9.98. The Hall–Kier alpha value is -2.54. The van der Waals surface area contributed by atoms with Gasteiger partial charge in [-0.05, 0) is 34.4 Å². The zero-order valence-corrected chi connectivity index (χ0v) is 13.0. The van der Waals surface area contributed by atoms with Crippen LogP contribution in [0.15, 0.2) is 47.6 Å². The van der Waals surface area contributed by atoms with Crippen LogP contribution in [0.3, 0.4) is 0 Å². The Labute approximate surface area is 141 Å². The van der Waals surface area contributed by atoms with E-state index in [0.717, 1.165) is 28.9 Å². The Morgan fingerprint density at radius 2 is 1.68 bits per heavy atom. The number of hydrogen-bond donors (Lipinski definition) is 1. The summed E-state index contributed by atoms with van der Waals surface area (Å²) in [5.74, 6) is -2.36. The Kier molecular flexibility index (Phi) is 3.50. The van der Waals surface area contributed by atoms with Crippen LogP contribution in [0, 0.1) is 0 Å². The van der Waals surface area contributed by atoms with Gasteiger partial charge in [0.15, 0.2) is 0 Å². The summed E-state index contributed by atoms with van der Waals surface area (Å²) in [6, 6.07) is 12.9. The molecule has 0 saturated carbocycles. The quantitative estimate of drug-likeness (QED) is 0.900. The van der Waals surface area contributed by atoms with Crippen molar-refractivity contribution in [3.05, 3.63) is 53.6 Å². The van der Waals surface area contributed by atoms with Crippen LogP contribution in [0.5, 0.6) is 5.75 Å². The predicted molar refractivity (Wildman–Crippen MR) is 84.3 cm³/mol. The second-order valence-electron chi connectivity index (χ2n) is 6.09. The molecule has 0 aliphatic carbocycles. The molecule has 1 atom stereocenters. The molecule has 4 rings (SSSR count). The summed E-state index contributed by atoms with van der Waals surface area (Å²) in [7, 11) is 0. The Morgan fingerprint density at radius 1 is 1.00 bits per heavy atom. The summed E-state index contributed by atoms with van der Waals surface area (Å²) in [6.45, 7) is 0.680. The molecule has 0 fully saturated rings. The van der Waals surface area contributed by atoms with Gasteiger partial charge in [0.2, 0.25) is 0 Å². The van der Waals surface area contributed by atoms with Crippen molar-refractivity contribution in [1.29, 1.82) is 0 Å². The lowest BCUT2D eigenvalue weighted by Gasteiger charge is -2.22. The zero-order valence-electron chi connectivity index (χ0n) is 13.0. The highest BCUT2D eigenvalue weighted by atomic mass is 19.4. The molecule has 2 aromatic carbocycles. The standard InChI is InChI=1S/C18H14F3NO3/c19-18(20,21)17(23)10-15(22-25-17)12-3-1-11(2-4-12)13-5-6-16-14(9-13)7-8-24-16/h1-6,9,23H,7-8,10H2. The van der Waals surface area contributed by atoms with E-state index in [1.54, 1.807) is 24.3 Å². The molecule has 2 heterocycles. The van der Waals surface area contributed by atoms with Gasteiger partial charge in [-0.1, -0.05) is 35.5 Å². The molecule has 0 spiro atoms. The SMILES string of the molecule is OC1(C(F)(F)F)CC(c2ccc(-c3ccc4c(c3)CCO4)cc2)=NO1. The third-order valence-electron chi connectivity index (χ3n) is 4.40. The first-order valence-corrected chi connectivity index (χ1v) is 7.76. The highest BCUT2D eigenvalue weighted by Gasteiger charge is 2.60. The first-order chi connectivity index (χ1) is 11.9. The van der Waals surface area contributed by atoms with Gasteiger partial charge in [0, 0.05) is 6.42 Å². The molecular formula is C18H14F3NO3. The van der Waals surface area contributed by atoms with Crippen LogP contribution >= 0.6 is 0 Å². The lowest BCUT2D eigenvalue weighted by molar-refractivity contribution is -0.355. The maximum absolute atomic E-state index is 12.8. The molecule has 0 radical (unpaired) electrons. The molecular weight excluding hydrogens is 335 g/mol. The van der Waals surface area contributed by atoms with Crippen LogP contribution in [0.4, 0.5) is 13.2 Å². The van der Waals surface area contributed by atoms with E-state index in [9.17, 15) is 18.3 Å². The molecule has 0 amide bonds. The number of rotatable bonds is 2. The topological polar surface area (TPSA) is 51.0 Å². The summed E-state index contributed by atoms with van der Waals surface area (Å²) in [4.78, 5) is 4.24. The molecule has 0 bridgehead atoms. The van der Waals surface area contributed by atoms with Crippen LogP contribution in [-0.4, -0.2) is 29.4 Å². The van der Waals surface area contributed by atoms with E-state index in [2.05, 4.69) is 16.1 Å². The van der Waals surface area contributed by atoms with Gasteiger partial charge in [-0.15, -0.1) is 0 Å². The number of fused-ring (bicyclic) bond motifs is 1. The number of aliphatic hydroxyl groups is 1. The van der Waals surface area contributed by atoms with Gasteiger partial charge >= 0.3 is 12.0 Å². The number of ether oxygens (including phenoxy) is 1. The minimum atomic E-state index is -4.90. The third-order valence-corrected chi connectivity index (χ3v) is 4.40. The second-order valence-corrected chi connectivity index (χ2v) is 6.09. The smallest absolute Gasteiger partial charge is 0.458 e. The Morgan fingerprint density at radius 3 is 2.36 bits per heavy atom. The number of halogens is 3. The van der Waals surface area contributed by atoms with Crippen LogP contribution in [0.2, 0.25) is 0 Å². The fourth-order valence-electron chi connectivity index (χ4n) is 2.95. The maximum atomic E-state index is 12.8. The number of nitrogens with zero attached hydrogens (tertiary/aromatic N) is 1. The first-order valence-electron chi connectivity index (χ1n) is 7.76. The molecule has 1 N–H and O–H groups in total. The minimum absolute atomic E-state index is 0.0636. The summed E-state index contributed by atoms with van der Waals surface area (Å²) >= 11 is 0. The lowest BCUT2D eigenvalue weighted by Crippen LogP contribution is -2.45. The molecule has 25 heavy (non-hydrogen) atoms. The van der Waals surface area contributed by atoms with Crippen LogP contribution < -0.4 is 4.74 Å². The van der Waals surface area contributed by atoms with Gasteiger partial charge in [-0.25, -0.2) is 0 Å². The Balaban J connectivity index is 1.55. The molecule has 7 heteroatoms. The number of alkyl halides is 3. The minimum Gasteiger partial charge on any atom is -0.493 e.